The Labute approximate surface area is 233 Å². The lowest BCUT2D eigenvalue weighted by Crippen LogP contribution is -2.43. The van der Waals surface area contributed by atoms with Crippen molar-refractivity contribution in [1.29, 1.82) is 0 Å². The van der Waals surface area contributed by atoms with E-state index in [1.54, 1.807) is 6.92 Å². The van der Waals surface area contributed by atoms with Crippen molar-refractivity contribution in [3.63, 3.8) is 0 Å². The number of aliphatic hydroxyl groups is 2. The van der Waals surface area contributed by atoms with Gasteiger partial charge in [0.05, 0.1) is 18.8 Å². The normalized spacial score (nSPS) is 27.3. The van der Waals surface area contributed by atoms with Gasteiger partial charge in [0.25, 0.3) is 0 Å². The summed E-state index contributed by atoms with van der Waals surface area (Å²) in [5.41, 5.74) is 5.84. The zero-order chi connectivity index (χ0) is 27.2. The first-order valence-corrected chi connectivity index (χ1v) is 14.6. The summed E-state index contributed by atoms with van der Waals surface area (Å²) in [5.74, 6) is 7.01. The van der Waals surface area contributed by atoms with E-state index >= 15 is 0 Å². The lowest BCUT2D eigenvalue weighted by Gasteiger charge is -2.28. The third kappa shape index (κ3) is 6.92. The number of aryl methyl sites for hydroxylation is 1. The fourth-order valence-corrected chi connectivity index (χ4v) is 6.31. The number of benzene rings is 2. The van der Waals surface area contributed by atoms with E-state index < -0.39 is 12.2 Å². The highest BCUT2D eigenvalue weighted by Gasteiger charge is 2.44. The van der Waals surface area contributed by atoms with Gasteiger partial charge in [0.1, 0.15) is 6.10 Å². The van der Waals surface area contributed by atoms with Gasteiger partial charge in [-0.2, -0.15) is 5.06 Å². The van der Waals surface area contributed by atoms with E-state index in [0.717, 1.165) is 29.7 Å². The largest absolute Gasteiger partial charge is 0.396 e. The minimum atomic E-state index is -0.660. The number of nitrogens with one attached hydrogen (secondary N) is 2. The molecule has 0 radical (unpaired) electrons. The van der Waals surface area contributed by atoms with Crippen LogP contribution >= 0.6 is 0 Å². The summed E-state index contributed by atoms with van der Waals surface area (Å²) in [6.07, 6.45) is 7.46. The number of hydrogen-bond donors (Lipinski definition) is 4. The summed E-state index contributed by atoms with van der Waals surface area (Å²) in [5, 5.41) is 29.8. The minimum absolute atomic E-state index is 0.0230. The Morgan fingerprint density at radius 3 is 2.44 bits per heavy atom. The van der Waals surface area contributed by atoms with Gasteiger partial charge in [-0.05, 0) is 81.3 Å². The molecule has 2 aliphatic heterocycles. The molecule has 0 aromatic heterocycles. The molecule has 6 heteroatoms. The quantitative estimate of drug-likeness (QED) is 0.292. The average Bonchev–Trinajstić information content (AvgIpc) is 3.52. The highest BCUT2D eigenvalue weighted by Crippen LogP contribution is 2.35. The average molecular weight is 530 g/mol. The molecule has 6 atom stereocenters. The van der Waals surface area contributed by atoms with Crippen molar-refractivity contribution in [3.8, 4) is 11.8 Å². The predicted octanol–water partition coefficient (Wildman–Crippen LogP) is 3.89. The third-order valence-electron chi connectivity index (χ3n) is 8.59. The van der Waals surface area contributed by atoms with Crippen LogP contribution in [-0.4, -0.2) is 59.3 Å². The van der Waals surface area contributed by atoms with Gasteiger partial charge in [0.15, 0.2) is 0 Å². The standard InChI is InChI=1S/C33H43N3O3/c1-23-7-9-25(10-8-23)11-12-26-13-15-27(16-14-26)21-36-32(30(22-37)33(39-36)24(2)38)20-34-18-17-28-19-35-31-6-4-3-5-29(28)31/h7-10,13-16,19,24,29-35,37-38H,3-6,17-18,20-22H2,1-2H3/t24-,29?,30-,31?,32+,33-/m1/s1. The smallest absolute Gasteiger partial charge is 0.111 e. The van der Waals surface area contributed by atoms with E-state index in [1.165, 1.54) is 36.8 Å². The summed E-state index contributed by atoms with van der Waals surface area (Å²) >= 11 is 0. The lowest BCUT2D eigenvalue weighted by atomic mass is 9.81. The third-order valence-corrected chi connectivity index (χ3v) is 8.59. The van der Waals surface area contributed by atoms with E-state index in [1.807, 2.05) is 29.3 Å². The van der Waals surface area contributed by atoms with Gasteiger partial charge in [0.2, 0.25) is 0 Å². The second kappa shape index (κ2) is 13.1. The van der Waals surface area contributed by atoms with Crippen molar-refractivity contribution in [3.05, 3.63) is 82.6 Å². The molecule has 39 heavy (non-hydrogen) atoms. The Bertz CT molecular complexity index is 1170. The van der Waals surface area contributed by atoms with Crippen molar-refractivity contribution in [2.75, 3.05) is 19.7 Å². The van der Waals surface area contributed by atoms with Gasteiger partial charge in [-0.15, -0.1) is 0 Å². The Kier molecular flexibility index (Phi) is 9.39. The number of nitrogens with zero attached hydrogens (tertiary/aromatic N) is 1. The molecule has 1 saturated heterocycles. The molecule has 0 amide bonds. The maximum Gasteiger partial charge on any atom is 0.111 e. The Morgan fingerprint density at radius 2 is 1.74 bits per heavy atom. The molecule has 0 bridgehead atoms. The summed E-state index contributed by atoms with van der Waals surface area (Å²) in [4.78, 5) is 6.22. The van der Waals surface area contributed by atoms with E-state index in [4.69, 9.17) is 4.84 Å². The lowest BCUT2D eigenvalue weighted by molar-refractivity contribution is -0.189. The van der Waals surface area contributed by atoms with Crippen LogP contribution in [0.1, 0.15) is 61.3 Å². The van der Waals surface area contributed by atoms with E-state index in [2.05, 4.69) is 59.9 Å². The maximum absolute atomic E-state index is 10.4. The molecule has 2 aromatic rings. The minimum Gasteiger partial charge on any atom is -0.396 e. The topological polar surface area (TPSA) is 77.0 Å². The first kappa shape index (κ1) is 27.9. The van der Waals surface area contributed by atoms with Crippen LogP contribution in [-0.2, 0) is 11.4 Å². The van der Waals surface area contributed by atoms with Gasteiger partial charge < -0.3 is 20.8 Å². The molecule has 2 heterocycles. The molecule has 2 unspecified atom stereocenters. The van der Waals surface area contributed by atoms with Crippen LogP contribution in [0.4, 0.5) is 0 Å². The Hall–Kier alpha value is -2.66. The number of aliphatic hydroxyl groups excluding tert-OH is 2. The summed E-state index contributed by atoms with van der Waals surface area (Å²) < 4.78 is 0. The molecule has 5 rings (SSSR count). The number of fused-ring (bicyclic) bond motifs is 1. The fraction of sp³-hybridized carbons (Fsp3) is 0.515. The van der Waals surface area contributed by atoms with Crippen LogP contribution in [0.5, 0.6) is 0 Å². The van der Waals surface area contributed by atoms with Crippen molar-refractivity contribution < 1.29 is 15.1 Å². The number of hydroxylamine groups is 2. The van der Waals surface area contributed by atoms with E-state index in [0.29, 0.717) is 25.0 Å². The number of hydrogen-bond acceptors (Lipinski definition) is 6. The van der Waals surface area contributed by atoms with Crippen LogP contribution in [0.15, 0.2) is 60.3 Å². The zero-order valence-corrected chi connectivity index (χ0v) is 23.3. The van der Waals surface area contributed by atoms with Crippen LogP contribution in [0.25, 0.3) is 0 Å². The molecule has 1 saturated carbocycles. The van der Waals surface area contributed by atoms with Gasteiger partial charge in [0, 0.05) is 42.1 Å². The Morgan fingerprint density at radius 1 is 1.05 bits per heavy atom. The maximum atomic E-state index is 10.4. The van der Waals surface area contributed by atoms with Gasteiger partial charge >= 0.3 is 0 Å². The molecule has 3 aliphatic rings. The summed E-state index contributed by atoms with van der Waals surface area (Å²) in [6.45, 7) is 5.96. The van der Waals surface area contributed by atoms with E-state index in [-0.39, 0.29) is 18.6 Å². The molecule has 2 aromatic carbocycles. The van der Waals surface area contributed by atoms with E-state index in [9.17, 15) is 10.2 Å². The molecule has 6 nitrogen and oxygen atoms in total. The van der Waals surface area contributed by atoms with Gasteiger partial charge in [-0.1, -0.05) is 54.5 Å². The second-order valence-corrected chi connectivity index (χ2v) is 11.5. The van der Waals surface area contributed by atoms with Gasteiger partial charge in [-0.3, -0.25) is 4.84 Å². The highest BCUT2D eigenvalue weighted by molar-refractivity contribution is 5.44. The van der Waals surface area contributed by atoms with Crippen LogP contribution in [0.2, 0.25) is 0 Å². The van der Waals surface area contributed by atoms with Crippen LogP contribution in [0.3, 0.4) is 0 Å². The van der Waals surface area contributed by atoms with Gasteiger partial charge in [-0.25, -0.2) is 0 Å². The molecular weight excluding hydrogens is 486 g/mol. The number of rotatable bonds is 9. The summed E-state index contributed by atoms with van der Waals surface area (Å²) in [6, 6.07) is 17.1. The predicted molar refractivity (Wildman–Crippen MR) is 155 cm³/mol. The second-order valence-electron chi connectivity index (χ2n) is 11.5. The first-order chi connectivity index (χ1) is 19.0. The first-order valence-electron chi connectivity index (χ1n) is 14.6. The molecule has 4 N–H and O–H groups in total. The fourth-order valence-electron chi connectivity index (χ4n) is 6.31. The van der Waals surface area contributed by atoms with Crippen molar-refractivity contribution in [2.45, 2.75) is 76.8 Å². The Balaban J connectivity index is 1.18. The molecule has 208 valence electrons. The highest BCUT2D eigenvalue weighted by atomic mass is 16.7. The van der Waals surface area contributed by atoms with Crippen molar-refractivity contribution in [2.24, 2.45) is 11.8 Å². The van der Waals surface area contributed by atoms with Crippen molar-refractivity contribution in [1.82, 2.24) is 15.7 Å². The SMILES string of the molecule is Cc1ccc(C#Cc2ccc(CN3O[C@H]([C@@H](C)O)[C@H](CO)[C@@H]3CNCCC3=CNC4CCCCC34)cc2)cc1. The molecule has 1 aliphatic carbocycles. The van der Waals surface area contributed by atoms with Crippen LogP contribution < -0.4 is 10.6 Å². The zero-order valence-electron chi connectivity index (χ0n) is 23.3. The van der Waals surface area contributed by atoms with Crippen LogP contribution in [0, 0.1) is 30.6 Å². The molecular formula is C33H43N3O3. The molecule has 0 spiro atoms. The molecule has 2 fully saturated rings. The summed E-state index contributed by atoms with van der Waals surface area (Å²) in [7, 11) is 0. The monoisotopic (exact) mass is 529 g/mol. The van der Waals surface area contributed by atoms with Crippen molar-refractivity contribution >= 4 is 0 Å².